The number of carbonyl (C=O) groups is 1. The van der Waals surface area contributed by atoms with Gasteiger partial charge in [0.05, 0.1) is 18.1 Å². The van der Waals surface area contributed by atoms with Crippen LogP contribution in [-0.2, 0) is 4.79 Å². The number of likely N-dealkylation sites (tertiary alicyclic amines) is 1. The van der Waals surface area contributed by atoms with Crippen LogP contribution in [0.2, 0.25) is 0 Å². The molecule has 8 heteroatoms. The Balaban J connectivity index is 1.70. The van der Waals surface area contributed by atoms with Crippen molar-refractivity contribution in [3.05, 3.63) is 63.9 Å². The van der Waals surface area contributed by atoms with Crippen LogP contribution in [0.3, 0.4) is 0 Å². The smallest absolute Gasteiger partial charge is 0.269 e. The molecule has 1 amide bonds. The maximum Gasteiger partial charge on any atom is 0.269 e. The summed E-state index contributed by atoms with van der Waals surface area (Å²) in [5, 5.41) is 6.42. The van der Waals surface area contributed by atoms with Gasteiger partial charge in [-0.15, -0.1) is 0 Å². The lowest BCUT2D eigenvalue weighted by molar-refractivity contribution is -0.138. The largest absolute Gasteiger partial charge is 0.311 e. The molecule has 3 aliphatic heterocycles. The number of anilines is 1. The average molecular weight is 512 g/mol. The number of hydrazone groups is 1. The Morgan fingerprint density at radius 3 is 2.58 bits per heavy atom. The number of amidine groups is 1. The summed E-state index contributed by atoms with van der Waals surface area (Å²) in [4.78, 5) is 22.8. The van der Waals surface area contributed by atoms with Gasteiger partial charge < -0.3 is 4.90 Å². The molecule has 3 heterocycles. The van der Waals surface area contributed by atoms with Gasteiger partial charge in [0.2, 0.25) is 0 Å². The number of fused-ring (bicyclic) bond motifs is 3. The molecule has 1 fully saturated rings. The lowest BCUT2D eigenvalue weighted by Crippen LogP contribution is -2.64. The first-order valence-electron chi connectivity index (χ1n) is 11.3. The van der Waals surface area contributed by atoms with Crippen LogP contribution in [0.25, 0.3) is 0 Å². The van der Waals surface area contributed by atoms with E-state index in [0.717, 1.165) is 41.7 Å². The minimum atomic E-state index is -0.881. The summed E-state index contributed by atoms with van der Waals surface area (Å²) >= 11 is 3.56. The Kier molecular flexibility index (Phi) is 5.61. The second-order valence-electron chi connectivity index (χ2n) is 9.32. The SMILES string of the molecule is CC1N=C(c2ccccc2F)c2cc(Br)ccc2N2C1=NN(CN1CCCC1)C(=O)C2(C)C. The molecule has 0 saturated carbocycles. The molecule has 1 saturated heterocycles. The predicted octanol–water partition coefficient (Wildman–Crippen LogP) is 4.62. The molecule has 0 spiro atoms. The van der Waals surface area contributed by atoms with E-state index in [1.807, 2.05) is 49.9 Å². The summed E-state index contributed by atoms with van der Waals surface area (Å²) in [5.74, 6) is 0.296. The number of carbonyl (C=O) groups excluding carboxylic acids is 1. The van der Waals surface area contributed by atoms with Crippen molar-refractivity contribution < 1.29 is 9.18 Å². The third-order valence-electron chi connectivity index (χ3n) is 6.58. The van der Waals surface area contributed by atoms with Crippen LogP contribution >= 0.6 is 15.9 Å². The molecule has 5 rings (SSSR count). The molecule has 0 N–H and O–H groups in total. The van der Waals surface area contributed by atoms with Crippen LogP contribution in [0.15, 0.2) is 57.0 Å². The van der Waals surface area contributed by atoms with Gasteiger partial charge in [-0.2, -0.15) is 5.10 Å². The summed E-state index contributed by atoms with van der Waals surface area (Å²) in [7, 11) is 0. The summed E-state index contributed by atoms with van der Waals surface area (Å²) in [6.07, 6.45) is 2.28. The van der Waals surface area contributed by atoms with E-state index in [1.54, 1.807) is 17.1 Å². The van der Waals surface area contributed by atoms with Crippen molar-refractivity contribution in [3.8, 4) is 0 Å². The van der Waals surface area contributed by atoms with Crippen molar-refractivity contribution in [3.63, 3.8) is 0 Å². The van der Waals surface area contributed by atoms with Gasteiger partial charge >= 0.3 is 0 Å². The highest BCUT2D eigenvalue weighted by Crippen LogP contribution is 2.38. The number of nitrogens with zero attached hydrogens (tertiary/aromatic N) is 5. The Hall–Kier alpha value is -2.58. The van der Waals surface area contributed by atoms with Crippen LogP contribution in [-0.4, -0.2) is 58.7 Å². The number of amides is 1. The van der Waals surface area contributed by atoms with Crippen LogP contribution in [0.5, 0.6) is 0 Å². The van der Waals surface area contributed by atoms with Gasteiger partial charge in [-0.3, -0.25) is 14.7 Å². The Labute approximate surface area is 201 Å². The molecule has 1 atom stereocenters. The molecule has 3 aliphatic rings. The van der Waals surface area contributed by atoms with Gasteiger partial charge in [0, 0.05) is 15.6 Å². The van der Waals surface area contributed by atoms with Crippen molar-refractivity contribution in [2.24, 2.45) is 10.1 Å². The van der Waals surface area contributed by atoms with Gasteiger partial charge in [-0.05, 0) is 77.0 Å². The molecular formula is C25H27BrFN5O. The van der Waals surface area contributed by atoms with Crippen LogP contribution in [0.4, 0.5) is 10.1 Å². The third kappa shape index (κ3) is 3.79. The monoisotopic (exact) mass is 511 g/mol. The predicted molar refractivity (Wildman–Crippen MR) is 132 cm³/mol. The summed E-state index contributed by atoms with van der Waals surface area (Å²) < 4.78 is 15.8. The Bertz CT molecular complexity index is 1170. The average Bonchev–Trinajstić information content (AvgIpc) is 3.25. The van der Waals surface area contributed by atoms with E-state index in [4.69, 9.17) is 10.1 Å². The molecular weight excluding hydrogens is 485 g/mol. The molecule has 0 aromatic heterocycles. The van der Waals surface area contributed by atoms with E-state index in [-0.39, 0.29) is 17.8 Å². The van der Waals surface area contributed by atoms with Crippen molar-refractivity contribution in [1.82, 2.24) is 9.91 Å². The van der Waals surface area contributed by atoms with Gasteiger partial charge in [0.15, 0.2) is 5.84 Å². The summed E-state index contributed by atoms with van der Waals surface area (Å²) in [6, 6.07) is 12.1. The zero-order chi connectivity index (χ0) is 23.3. The maximum atomic E-state index is 14.9. The highest BCUT2D eigenvalue weighted by Gasteiger charge is 2.48. The highest BCUT2D eigenvalue weighted by atomic mass is 79.9. The number of rotatable bonds is 3. The highest BCUT2D eigenvalue weighted by molar-refractivity contribution is 9.10. The fourth-order valence-corrected chi connectivity index (χ4v) is 5.26. The van der Waals surface area contributed by atoms with E-state index in [9.17, 15) is 9.18 Å². The quantitative estimate of drug-likeness (QED) is 0.603. The molecule has 172 valence electrons. The minimum Gasteiger partial charge on any atom is -0.311 e. The van der Waals surface area contributed by atoms with Gasteiger partial charge in [-0.25, -0.2) is 9.40 Å². The zero-order valence-electron chi connectivity index (χ0n) is 19.1. The van der Waals surface area contributed by atoms with Crippen molar-refractivity contribution in [2.75, 3.05) is 24.7 Å². The van der Waals surface area contributed by atoms with Crippen molar-refractivity contribution >= 4 is 39.1 Å². The lowest BCUT2D eigenvalue weighted by Gasteiger charge is -2.46. The lowest BCUT2D eigenvalue weighted by atomic mass is 9.94. The second-order valence-corrected chi connectivity index (χ2v) is 10.2. The fraction of sp³-hybridized carbons (Fsp3) is 0.400. The van der Waals surface area contributed by atoms with Crippen LogP contribution in [0.1, 0.15) is 44.7 Å². The first-order valence-corrected chi connectivity index (χ1v) is 12.1. The molecule has 33 heavy (non-hydrogen) atoms. The van der Waals surface area contributed by atoms with Gasteiger partial charge in [-0.1, -0.05) is 28.1 Å². The van der Waals surface area contributed by atoms with E-state index in [1.165, 1.54) is 6.07 Å². The molecule has 6 nitrogen and oxygen atoms in total. The first-order chi connectivity index (χ1) is 15.8. The number of halogens is 2. The second kappa shape index (κ2) is 8.33. The minimum absolute atomic E-state index is 0.0615. The Morgan fingerprint density at radius 2 is 1.85 bits per heavy atom. The third-order valence-corrected chi connectivity index (χ3v) is 7.07. The van der Waals surface area contributed by atoms with Crippen LogP contribution in [0, 0.1) is 5.82 Å². The summed E-state index contributed by atoms with van der Waals surface area (Å²) in [6.45, 7) is 8.22. The molecule has 0 bridgehead atoms. The van der Waals surface area contributed by atoms with Gasteiger partial charge in [0.25, 0.3) is 5.91 Å². The molecule has 0 aliphatic carbocycles. The van der Waals surface area contributed by atoms with Gasteiger partial charge in [0.1, 0.15) is 17.4 Å². The molecule has 0 radical (unpaired) electrons. The number of hydrogen-bond acceptors (Lipinski definition) is 5. The van der Waals surface area contributed by atoms with E-state index < -0.39 is 5.54 Å². The number of aliphatic imine (C=N–C) groups is 1. The number of benzene rings is 2. The zero-order valence-corrected chi connectivity index (χ0v) is 20.6. The van der Waals surface area contributed by atoms with E-state index in [2.05, 4.69) is 20.8 Å². The standard InChI is InChI=1S/C25H27BrFN5O/c1-16-23-29-31(15-30-12-6-7-13-30)24(33)25(2,3)32(23)21-11-10-17(26)14-19(21)22(28-16)18-8-4-5-9-20(18)27/h4-5,8-11,14,16H,6-7,12-13,15H2,1-3H3. The first kappa shape index (κ1) is 22.2. The van der Waals surface area contributed by atoms with E-state index in [0.29, 0.717) is 23.8 Å². The maximum absolute atomic E-state index is 14.9. The van der Waals surface area contributed by atoms with E-state index >= 15 is 0 Å². The Morgan fingerprint density at radius 1 is 1.12 bits per heavy atom. The number of hydrogen-bond donors (Lipinski definition) is 0. The fourth-order valence-electron chi connectivity index (χ4n) is 4.90. The van der Waals surface area contributed by atoms with Crippen molar-refractivity contribution in [1.29, 1.82) is 0 Å². The van der Waals surface area contributed by atoms with Crippen LogP contribution < -0.4 is 4.90 Å². The molecule has 2 aromatic rings. The molecule has 2 aromatic carbocycles. The summed E-state index contributed by atoms with van der Waals surface area (Å²) in [5.41, 5.74) is 1.67. The normalized spacial score (nSPS) is 22.5. The molecule has 1 unspecified atom stereocenters. The topological polar surface area (TPSA) is 51.5 Å². The van der Waals surface area contributed by atoms with Crippen molar-refractivity contribution in [2.45, 2.75) is 45.2 Å².